The van der Waals surface area contributed by atoms with Gasteiger partial charge >= 0.3 is 0 Å². The Hall–Kier alpha value is -2.74. The maximum Gasteiger partial charge on any atom is 0.232 e. The number of carbonyl (C=O) groups is 1. The average Bonchev–Trinajstić information content (AvgIpc) is 3.04. The lowest BCUT2D eigenvalue weighted by Crippen LogP contribution is -2.33. The van der Waals surface area contributed by atoms with Gasteiger partial charge in [-0.2, -0.15) is 0 Å². The molecule has 1 heterocycles. The molecule has 7 nitrogen and oxygen atoms in total. The summed E-state index contributed by atoms with van der Waals surface area (Å²) in [5.41, 5.74) is 3.22. The van der Waals surface area contributed by atoms with E-state index in [1.54, 1.807) is 18.2 Å². The third-order valence-electron chi connectivity index (χ3n) is 4.24. The fraction of sp³-hybridized carbons (Fsp3) is 0.316. The molecule has 2 aromatic rings. The first kappa shape index (κ1) is 19.0. The van der Waals surface area contributed by atoms with Crippen LogP contribution >= 0.6 is 0 Å². The fourth-order valence-electron chi connectivity index (χ4n) is 2.90. The third-order valence-corrected chi connectivity index (χ3v) is 5.44. The van der Waals surface area contributed by atoms with E-state index in [0.717, 1.165) is 23.1 Å². The topological polar surface area (TPSA) is 84.9 Å². The van der Waals surface area contributed by atoms with E-state index in [1.165, 1.54) is 4.31 Å². The van der Waals surface area contributed by atoms with E-state index in [2.05, 4.69) is 5.32 Å². The van der Waals surface area contributed by atoms with Crippen molar-refractivity contribution in [1.29, 1.82) is 0 Å². The first-order valence-electron chi connectivity index (χ1n) is 8.48. The maximum atomic E-state index is 12.3. The van der Waals surface area contributed by atoms with E-state index in [0.29, 0.717) is 17.2 Å². The molecule has 2 aromatic carbocycles. The van der Waals surface area contributed by atoms with E-state index in [-0.39, 0.29) is 25.7 Å². The van der Waals surface area contributed by atoms with Gasteiger partial charge in [0.25, 0.3) is 0 Å². The molecule has 0 saturated carbocycles. The number of carbonyl (C=O) groups excluding carboxylic acids is 1. The number of amides is 1. The molecule has 0 spiro atoms. The minimum absolute atomic E-state index is 0.0226. The van der Waals surface area contributed by atoms with Gasteiger partial charge in [0.15, 0.2) is 11.5 Å². The quantitative estimate of drug-likeness (QED) is 0.820. The molecule has 0 aliphatic carbocycles. The van der Waals surface area contributed by atoms with Crippen molar-refractivity contribution in [3.63, 3.8) is 0 Å². The highest BCUT2D eigenvalue weighted by molar-refractivity contribution is 7.92. The van der Waals surface area contributed by atoms with Gasteiger partial charge in [0, 0.05) is 24.7 Å². The standard InChI is InChI=1S/C19H22N2O5S/c1-13-4-6-16(14(2)10-13)20-19(22)8-9-21(27(3,23)24)15-5-7-17-18(11-15)26-12-25-17/h4-7,10-11H,8-9,12H2,1-3H3,(H,20,22). The van der Waals surface area contributed by atoms with Crippen LogP contribution in [0.4, 0.5) is 11.4 Å². The van der Waals surface area contributed by atoms with Crippen molar-refractivity contribution < 1.29 is 22.7 Å². The Morgan fingerprint density at radius 3 is 2.56 bits per heavy atom. The van der Waals surface area contributed by atoms with Gasteiger partial charge in [-0.3, -0.25) is 9.10 Å². The Morgan fingerprint density at radius 2 is 1.85 bits per heavy atom. The molecule has 1 amide bonds. The number of aryl methyl sites for hydroxylation is 2. The Bertz CT molecular complexity index is 972. The van der Waals surface area contributed by atoms with E-state index in [9.17, 15) is 13.2 Å². The SMILES string of the molecule is Cc1ccc(NC(=O)CCN(c2ccc3c(c2)OCO3)S(C)(=O)=O)c(C)c1. The second kappa shape index (κ2) is 7.48. The molecule has 0 radical (unpaired) electrons. The van der Waals surface area contributed by atoms with Gasteiger partial charge < -0.3 is 14.8 Å². The summed E-state index contributed by atoms with van der Waals surface area (Å²) in [5.74, 6) is 0.803. The minimum Gasteiger partial charge on any atom is -0.454 e. The molecule has 0 bridgehead atoms. The average molecular weight is 390 g/mol. The number of hydrogen-bond acceptors (Lipinski definition) is 5. The fourth-order valence-corrected chi connectivity index (χ4v) is 3.82. The molecule has 0 fully saturated rings. The van der Waals surface area contributed by atoms with Crippen LogP contribution in [0.25, 0.3) is 0 Å². The molecule has 1 N–H and O–H groups in total. The highest BCUT2D eigenvalue weighted by Crippen LogP contribution is 2.36. The summed E-state index contributed by atoms with van der Waals surface area (Å²) in [6.07, 6.45) is 1.13. The number of nitrogens with one attached hydrogen (secondary N) is 1. The Kier molecular flexibility index (Phi) is 5.27. The largest absolute Gasteiger partial charge is 0.454 e. The second-order valence-electron chi connectivity index (χ2n) is 6.49. The van der Waals surface area contributed by atoms with Crippen LogP contribution in [0.3, 0.4) is 0 Å². The number of fused-ring (bicyclic) bond motifs is 1. The van der Waals surface area contributed by atoms with Crippen LogP contribution in [0, 0.1) is 13.8 Å². The number of rotatable bonds is 6. The van der Waals surface area contributed by atoms with Crippen LogP contribution in [0.1, 0.15) is 17.5 Å². The predicted molar refractivity (Wildman–Crippen MR) is 104 cm³/mol. The van der Waals surface area contributed by atoms with E-state index in [1.807, 2.05) is 32.0 Å². The third kappa shape index (κ3) is 4.51. The zero-order chi connectivity index (χ0) is 19.6. The maximum absolute atomic E-state index is 12.3. The van der Waals surface area contributed by atoms with Crippen molar-refractivity contribution >= 4 is 27.3 Å². The lowest BCUT2D eigenvalue weighted by atomic mass is 10.1. The van der Waals surface area contributed by atoms with Crippen LogP contribution < -0.4 is 19.1 Å². The summed E-state index contributed by atoms with van der Waals surface area (Å²) in [7, 11) is -3.56. The molecule has 27 heavy (non-hydrogen) atoms. The first-order chi connectivity index (χ1) is 12.7. The monoisotopic (exact) mass is 390 g/mol. The summed E-state index contributed by atoms with van der Waals surface area (Å²) >= 11 is 0. The van der Waals surface area contributed by atoms with Gasteiger partial charge in [0.1, 0.15) is 0 Å². The van der Waals surface area contributed by atoms with Crippen molar-refractivity contribution in [2.45, 2.75) is 20.3 Å². The Morgan fingerprint density at radius 1 is 1.11 bits per heavy atom. The zero-order valence-corrected chi connectivity index (χ0v) is 16.3. The van der Waals surface area contributed by atoms with Crippen molar-refractivity contribution in [2.75, 3.05) is 29.2 Å². The molecule has 3 rings (SSSR count). The van der Waals surface area contributed by atoms with E-state index >= 15 is 0 Å². The molecule has 1 aliphatic heterocycles. The van der Waals surface area contributed by atoms with Crippen LogP contribution in [-0.4, -0.2) is 33.9 Å². The van der Waals surface area contributed by atoms with Gasteiger partial charge in [-0.25, -0.2) is 8.42 Å². The number of sulfonamides is 1. The summed E-state index contributed by atoms with van der Waals surface area (Å²) in [5, 5.41) is 2.83. The van der Waals surface area contributed by atoms with Gasteiger partial charge in [0.05, 0.1) is 11.9 Å². The molecule has 144 valence electrons. The molecule has 0 saturated heterocycles. The van der Waals surface area contributed by atoms with E-state index < -0.39 is 10.0 Å². The lowest BCUT2D eigenvalue weighted by Gasteiger charge is -2.22. The van der Waals surface area contributed by atoms with Crippen molar-refractivity contribution in [1.82, 2.24) is 0 Å². The smallest absolute Gasteiger partial charge is 0.232 e. The Balaban J connectivity index is 1.71. The first-order valence-corrected chi connectivity index (χ1v) is 10.3. The van der Waals surface area contributed by atoms with Crippen LogP contribution in [0.2, 0.25) is 0 Å². The minimum atomic E-state index is -3.56. The normalized spacial score (nSPS) is 12.7. The van der Waals surface area contributed by atoms with Crippen LogP contribution in [-0.2, 0) is 14.8 Å². The molecule has 1 aliphatic rings. The Labute approximate surface area is 158 Å². The predicted octanol–water partition coefficient (Wildman–Crippen LogP) is 2.83. The van der Waals surface area contributed by atoms with Crippen molar-refractivity contribution in [3.05, 3.63) is 47.5 Å². The summed E-state index contributed by atoms with van der Waals surface area (Å²) in [4.78, 5) is 12.3. The summed E-state index contributed by atoms with van der Waals surface area (Å²) in [6.45, 7) is 4.02. The highest BCUT2D eigenvalue weighted by Gasteiger charge is 2.22. The van der Waals surface area contributed by atoms with Crippen LogP contribution in [0.15, 0.2) is 36.4 Å². The number of hydrogen-bond donors (Lipinski definition) is 1. The molecule has 0 aromatic heterocycles. The molecular weight excluding hydrogens is 368 g/mol. The van der Waals surface area contributed by atoms with Gasteiger partial charge in [-0.15, -0.1) is 0 Å². The zero-order valence-electron chi connectivity index (χ0n) is 15.5. The number of benzene rings is 2. The summed E-state index contributed by atoms with van der Waals surface area (Å²) < 4.78 is 36.2. The van der Waals surface area contributed by atoms with E-state index in [4.69, 9.17) is 9.47 Å². The summed E-state index contributed by atoms with van der Waals surface area (Å²) in [6, 6.07) is 10.6. The van der Waals surface area contributed by atoms with Crippen molar-refractivity contribution in [2.24, 2.45) is 0 Å². The van der Waals surface area contributed by atoms with Crippen LogP contribution in [0.5, 0.6) is 11.5 Å². The lowest BCUT2D eigenvalue weighted by molar-refractivity contribution is -0.116. The molecule has 0 unspecified atom stereocenters. The molecule has 0 atom stereocenters. The molecular formula is C19H22N2O5S. The molecule has 8 heteroatoms. The van der Waals surface area contributed by atoms with Gasteiger partial charge in [0.2, 0.25) is 22.7 Å². The van der Waals surface area contributed by atoms with Crippen molar-refractivity contribution in [3.8, 4) is 11.5 Å². The number of nitrogens with zero attached hydrogens (tertiary/aromatic N) is 1. The van der Waals surface area contributed by atoms with Gasteiger partial charge in [-0.05, 0) is 37.6 Å². The second-order valence-corrected chi connectivity index (χ2v) is 8.40. The van der Waals surface area contributed by atoms with Gasteiger partial charge in [-0.1, -0.05) is 17.7 Å². The highest BCUT2D eigenvalue weighted by atomic mass is 32.2. The number of anilines is 2. The number of ether oxygens (including phenoxy) is 2.